The van der Waals surface area contributed by atoms with E-state index in [1.54, 1.807) is 6.20 Å². The maximum absolute atomic E-state index is 6.38. The highest BCUT2D eigenvalue weighted by atomic mass is 14.5. The highest BCUT2D eigenvalue weighted by Crippen LogP contribution is 2.44. The summed E-state index contributed by atoms with van der Waals surface area (Å²) in [6.07, 6.45) is 5.91. The number of nitrogens with two attached hydrogens (primary N) is 1. The molecule has 0 aliphatic heterocycles. The molecule has 194 valence electrons. The Bertz CT molecular complexity index is 2110. The van der Waals surface area contributed by atoms with Crippen LogP contribution >= 0.6 is 0 Å². The quantitative estimate of drug-likeness (QED) is 0.176. The first-order valence-electron chi connectivity index (χ1n) is 13.9. The Balaban J connectivity index is 1.44. The van der Waals surface area contributed by atoms with Gasteiger partial charge in [-0.2, -0.15) is 0 Å². The van der Waals surface area contributed by atoms with E-state index in [9.17, 15) is 0 Å². The van der Waals surface area contributed by atoms with Crippen molar-refractivity contribution in [1.29, 1.82) is 0 Å². The smallest absolute Gasteiger partial charge is 0.00180 e. The molecule has 7 aromatic rings. The van der Waals surface area contributed by atoms with E-state index in [0.717, 1.165) is 22.3 Å². The SMILES string of the molecule is C=C(/C=C\C(=C/N)c1c2ccccc2c(-c2cccc3ccccc23)c2ccccc12)c1cccc2ccccc12. The molecule has 1 heteroatoms. The van der Waals surface area contributed by atoms with Gasteiger partial charge in [0.15, 0.2) is 0 Å². The second kappa shape index (κ2) is 10.3. The van der Waals surface area contributed by atoms with E-state index < -0.39 is 0 Å². The molecule has 0 heterocycles. The van der Waals surface area contributed by atoms with Gasteiger partial charge in [0, 0.05) is 6.20 Å². The Kier molecular flexibility index (Phi) is 6.18. The van der Waals surface area contributed by atoms with Gasteiger partial charge >= 0.3 is 0 Å². The summed E-state index contributed by atoms with van der Waals surface area (Å²) in [7, 11) is 0. The third-order valence-corrected chi connectivity index (χ3v) is 8.06. The van der Waals surface area contributed by atoms with Crippen molar-refractivity contribution in [2.75, 3.05) is 0 Å². The molecule has 0 bridgehead atoms. The van der Waals surface area contributed by atoms with Crippen LogP contribution in [-0.4, -0.2) is 0 Å². The van der Waals surface area contributed by atoms with Gasteiger partial charge in [0.05, 0.1) is 0 Å². The molecule has 7 rings (SSSR count). The van der Waals surface area contributed by atoms with Gasteiger partial charge in [-0.25, -0.2) is 0 Å². The fourth-order valence-electron chi connectivity index (χ4n) is 6.18. The molecule has 0 unspecified atom stereocenters. The van der Waals surface area contributed by atoms with Crippen LogP contribution in [0.1, 0.15) is 11.1 Å². The summed E-state index contributed by atoms with van der Waals surface area (Å²) in [4.78, 5) is 0. The largest absolute Gasteiger partial charge is 0.404 e. The summed E-state index contributed by atoms with van der Waals surface area (Å²) < 4.78 is 0. The van der Waals surface area contributed by atoms with Crippen LogP contribution in [0.3, 0.4) is 0 Å². The minimum Gasteiger partial charge on any atom is -0.404 e. The summed E-state index contributed by atoms with van der Waals surface area (Å²) >= 11 is 0. The molecule has 0 aliphatic rings. The van der Waals surface area contributed by atoms with Crippen LogP contribution in [0.15, 0.2) is 158 Å². The Labute approximate surface area is 240 Å². The third kappa shape index (κ3) is 4.20. The maximum atomic E-state index is 6.38. The molecule has 7 aromatic carbocycles. The zero-order chi connectivity index (χ0) is 27.8. The first-order chi connectivity index (χ1) is 20.2. The van der Waals surface area contributed by atoms with Crippen LogP contribution in [0, 0.1) is 0 Å². The van der Waals surface area contributed by atoms with E-state index in [0.29, 0.717) is 0 Å². The highest BCUT2D eigenvalue weighted by Gasteiger charge is 2.18. The van der Waals surface area contributed by atoms with Gasteiger partial charge in [0.1, 0.15) is 0 Å². The topological polar surface area (TPSA) is 26.0 Å². The van der Waals surface area contributed by atoms with Crippen molar-refractivity contribution in [2.24, 2.45) is 5.73 Å². The van der Waals surface area contributed by atoms with E-state index in [2.05, 4.69) is 152 Å². The van der Waals surface area contributed by atoms with Gasteiger partial charge in [0.2, 0.25) is 0 Å². The molecule has 0 spiro atoms. The molecule has 0 saturated carbocycles. The van der Waals surface area contributed by atoms with Crippen LogP contribution in [0.5, 0.6) is 0 Å². The minimum absolute atomic E-state index is 0.946. The van der Waals surface area contributed by atoms with E-state index in [1.165, 1.54) is 54.2 Å². The molecule has 0 radical (unpaired) electrons. The van der Waals surface area contributed by atoms with Crippen LogP contribution < -0.4 is 5.73 Å². The summed E-state index contributed by atoms with van der Waals surface area (Å²) in [6, 6.07) is 47.3. The molecule has 0 aromatic heterocycles. The maximum Gasteiger partial charge on any atom is 0.00180 e. The van der Waals surface area contributed by atoms with Crippen molar-refractivity contribution in [3.05, 3.63) is 170 Å². The van der Waals surface area contributed by atoms with Gasteiger partial charge in [-0.05, 0) is 76.5 Å². The lowest BCUT2D eigenvalue weighted by Gasteiger charge is -2.19. The molecule has 0 aliphatic carbocycles. The fraction of sp³-hybridized carbons (Fsp3) is 0. The normalized spacial score (nSPS) is 12.1. The van der Waals surface area contributed by atoms with E-state index in [4.69, 9.17) is 5.73 Å². The lowest BCUT2D eigenvalue weighted by molar-refractivity contribution is 1.59. The lowest BCUT2D eigenvalue weighted by Crippen LogP contribution is -1.95. The molecule has 1 nitrogen and oxygen atoms in total. The molecular weight excluding hydrogens is 494 g/mol. The average Bonchev–Trinajstić information content (AvgIpc) is 3.04. The zero-order valence-corrected chi connectivity index (χ0v) is 22.7. The standard InChI is InChI=1S/C40H29N/c1-27(31-22-10-14-28-12-2-4-16-32(28)31)24-25-30(26-41)39-35-18-6-8-20-37(35)40(38-21-9-7-19-36(38)39)34-23-11-15-29-13-3-5-17-33(29)34/h2-26H,1,41H2/b25-24-,30-26+. The van der Waals surface area contributed by atoms with Gasteiger partial charge in [0.25, 0.3) is 0 Å². The monoisotopic (exact) mass is 523 g/mol. The van der Waals surface area contributed by atoms with Crippen molar-refractivity contribution < 1.29 is 0 Å². The van der Waals surface area contributed by atoms with Crippen LogP contribution in [-0.2, 0) is 0 Å². The minimum atomic E-state index is 0.946. The van der Waals surface area contributed by atoms with Crippen LogP contribution in [0.25, 0.3) is 65.4 Å². The van der Waals surface area contributed by atoms with Gasteiger partial charge in [-0.15, -0.1) is 0 Å². The van der Waals surface area contributed by atoms with Crippen molar-refractivity contribution in [3.8, 4) is 11.1 Å². The van der Waals surface area contributed by atoms with Crippen LogP contribution in [0.2, 0.25) is 0 Å². The summed E-state index contributed by atoms with van der Waals surface area (Å²) in [6.45, 7) is 4.43. The number of fused-ring (bicyclic) bond motifs is 4. The number of benzene rings is 7. The summed E-state index contributed by atoms with van der Waals surface area (Å²) in [5, 5.41) is 9.64. The Hall–Kier alpha value is -5.40. The molecule has 41 heavy (non-hydrogen) atoms. The predicted octanol–water partition coefficient (Wildman–Crippen LogP) is 10.5. The molecule has 0 atom stereocenters. The summed E-state index contributed by atoms with van der Waals surface area (Å²) in [5.41, 5.74) is 13.0. The number of hydrogen-bond donors (Lipinski definition) is 1. The first kappa shape index (κ1) is 24.6. The average molecular weight is 524 g/mol. The van der Waals surface area contributed by atoms with Gasteiger partial charge in [-0.1, -0.05) is 152 Å². The Morgan fingerprint density at radius 3 is 1.61 bits per heavy atom. The van der Waals surface area contributed by atoms with Crippen molar-refractivity contribution >= 4 is 54.2 Å². The number of rotatable bonds is 5. The second-order valence-corrected chi connectivity index (χ2v) is 10.4. The number of hydrogen-bond acceptors (Lipinski definition) is 1. The van der Waals surface area contributed by atoms with E-state index in [-0.39, 0.29) is 0 Å². The predicted molar refractivity (Wildman–Crippen MR) is 179 cm³/mol. The second-order valence-electron chi connectivity index (χ2n) is 10.4. The van der Waals surface area contributed by atoms with Crippen molar-refractivity contribution in [3.63, 3.8) is 0 Å². The van der Waals surface area contributed by atoms with Crippen molar-refractivity contribution in [1.82, 2.24) is 0 Å². The van der Waals surface area contributed by atoms with E-state index in [1.807, 2.05) is 0 Å². The summed E-state index contributed by atoms with van der Waals surface area (Å²) in [5.74, 6) is 0. The van der Waals surface area contributed by atoms with Crippen molar-refractivity contribution in [2.45, 2.75) is 0 Å². The Morgan fingerprint density at radius 1 is 0.488 bits per heavy atom. The molecular formula is C40H29N. The zero-order valence-electron chi connectivity index (χ0n) is 22.7. The van der Waals surface area contributed by atoms with Crippen LogP contribution in [0.4, 0.5) is 0 Å². The van der Waals surface area contributed by atoms with E-state index >= 15 is 0 Å². The molecule has 0 amide bonds. The first-order valence-corrected chi connectivity index (χ1v) is 13.9. The highest BCUT2D eigenvalue weighted by molar-refractivity contribution is 6.21. The molecule has 0 fully saturated rings. The third-order valence-electron chi connectivity index (χ3n) is 8.06. The molecule has 2 N–H and O–H groups in total. The lowest BCUT2D eigenvalue weighted by atomic mass is 9.84. The number of allylic oxidation sites excluding steroid dienone is 4. The Morgan fingerprint density at radius 2 is 0.976 bits per heavy atom. The molecule has 0 saturated heterocycles. The van der Waals surface area contributed by atoms with Gasteiger partial charge < -0.3 is 5.73 Å². The fourth-order valence-corrected chi connectivity index (χ4v) is 6.18. The van der Waals surface area contributed by atoms with Gasteiger partial charge in [-0.3, -0.25) is 0 Å².